The third-order valence-corrected chi connectivity index (χ3v) is 7.74. The lowest BCUT2D eigenvalue weighted by molar-refractivity contribution is 0.285. The molecular formula is C38H31ClFN5O5. The minimum atomic E-state index is -0.473. The number of ether oxygens (including phenoxy) is 4. The maximum absolute atomic E-state index is 14.2. The predicted molar refractivity (Wildman–Crippen MR) is 191 cm³/mol. The standard InChI is InChI=1S/C22H17ClFN3O2.C16H14N2O3/c1-28-20-10-16-19(11-21(20)29-12-14-5-3-2-4-6-14)25-13-26-22(16)27-18-8-7-15(23)9-17(18)24;1-20-14-7-12-13(17-10-18-16(12)19)8-15(14)21-9-11-5-3-2-4-6-11/h2-11,13H,12H2,1H3,(H,25,26,27);2-8,10H,9H2,1H3,(H,17,18,19). The molecule has 0 unspecified atom stereocenters. The van der Waals surface area contributed by atoms with Crippen LogP contribution in [0.15, 0.2) is 121 Å². The quantitative estimate of drug-likeness (QED) is 0.146. The molecule has 0 amide bonds. The van der Waals surface area contributed by atoms with Gasteiger partial charge in [-0.25, -0.2) is 19.3 Å². The van der Waals surface area contributed by atoms with Crippen LogP contribution in [0.25, 0.3) is 21.8 Å². The molecule has 0 saturated heterocycles. The van der Waals surface area contributed by atoms with E-state index in [2.05, 4.69) is 25.3 Å². The van der Waals surface area contributed by atoms with Gasteiger partial charge >= 0.3 is 0 Å². The van der Waals surface area contributed by atoms with Gasteiger partial charge in [-0.2, -0.15) is 0 Å². The number of aromatic nitrogens is 4. The van der Waals surface area contributed by atoms with Crippen LogP contribution in [0.5, 0.6) is 23.0 Å². The van der Waals surface area contributed by atoms with Gasteiger partial charge in [-0.15, -0.1) is 0 Å². The van der Waals surface area contributed by atoms with Gasteiger partial charge in [-0.1, -0.05) is 72.3 Å². The number of nitrogens with one attached hydrogen (secondary N) is 2. The number of hydrogen-bond acceptors (Lipinski definition) is 9. The van der Waals surface area contributed by atoms with Crippen LogP contribution >= 0.6 is 11.6 Å². The van der Waals surface area contributed by atoms with Crippen molar-refractivity contribution < 1.29 is 23.3 Å². The zero-order chi connectivity index (χ0) is 34.9. The lowest BCUT2D eigenvalue weighted by atomic mass is 10.2. The molecule has 7 rings (SSSR count). The van der Waals surface area contributed by atoms with Crippen LogP contribution in [0, 0.1) is 5.82 Å². The maximum atomic E-state index is 14.2. The Morgan fingerprint density at radius 1 is 0.700 bits per heavy atom. The van der Waals surface area contributed by atoms with Gasteiger partial charge in [0, 0.05) is 22.5 Å². The van der Waals surface area contributed by atoms with Gasteiger partial charge < -0.3 is 29.2 Å². The molecule has 10 nitrogen and oxygen atoms in total. The fraction of sp³-hybridized carbons (Fsp3) is 0.105. The molecule has 2 N–H and O–H groups in total. The Hall–Kier alpha value is -6.20. The van der Waals surface area contributed by atoms with Crippen LogP contribution in [0.2, 0.25) is 5.02 Å². The largest absolute Gasteiger partial charge is 0.493 e. The molecule has 0 saturated carbocycles. The summed E-state index contributed by atoms with van der Waals surface area (Å²) in [5.74, 6) is 2.14. The molecule has 0 spiro atoms. The molecule has 12 heteroatoms. The topological polar surface area (TPSA) is 120 Å². The molecule has 2 heterocycles. The third-order valence-electron chi connectivity index (χ3n) is 7.51. The number of fused-ring (bicyclic) bond motifs is 2. The van der Waals surface area contributed by atoms with E-state index in [9.17, 15) is 9.18 Å². The van der Waals surface area contributed by atoms with E-state index in [1.807, 2.05) is 60.7 Å². The van der Waals surface area contributed by atoms with Crippen LogP contribution in [0.3, 0.4) is 0 Å². The maximum Gasteiger partial charge on any atom is 0.258 e. The Morgan fingerprint density at radius 3 is 1.86 bits per heavy atom. The fourth-order valence-corrected chi connectivity index (χ4v) is 5.13. The van der Waals surface area contributed by atoms with Crippen LogP contribution in [-0.4, -0.2) is 34.2 Å². The molecule has 0 atom stereocenters. The van der Waals surface area contributed by atoms with Crippen LogP contribution in [0.4, 0.5) is 15.9 Å². The van der Waals surface area contributed by atoms with Crippen molar-refractivity contribution in [3.05, 3.63) is 148 Å². The molecule has 0 aliphatic rings. The van der Waals surface area contributed by atoms with Gasteiger partial charge in [-0.05, 0) is 41.5 Å². The molecule has 0 aliphatic carbocycles. The molecule has 2 aromatic heterocycles. The Labute approximate surface area is 291 Å². The molecule has 50 heavy (non-hydrogen) atoms. The summed E-state index contributed by atoms with van der Waals surface area (Å²) in [6, 6.07) is 31.0. The van der Waals surface area contributed by atoms with Gasteiger partial charge in [0.15, 0.2) is 23.0 Å². The van der Waals surface area contributed by atoms with Crippen LogP contribution < -0.4 is 29.8 Å². The number of rotatable bonds is 10. The highest BCUT2D eigenvalue weighted by Gasteiger charge is 2.14. The number of nitrogens with zero attached hydrogens (tertiary/aromatic N) is 3. The highest BCUT2D eigenvalue weighted by atomic mass is 35.5. The summed E-state index contributed by atoms with van der Waals surface area (Å²) in [6.07, 6.45) is 2.78. The zero-order valence-corrected chi connectivity index (χ0v) is 27.8. The Bertz CT molecular complexity index is 2290. The van der Waals surface area contributed by atoms with E-state index in [0.29, 0.717) is 68.9 Å². The monoisotopic (exact) mass is 691 g/mol. The van der Waals surface area contributed by atoms with Crippen molar-refractivity contribution >= 4 is 44.9 Å². The van der Waals surface area contributed by atoms with E-state index in [0.717, 1.165) is 11.1 Å². The summed E-state index contributed by atoms with van der Waals surface area (Å²) in [5, 5.41) is 4.46. The number of H-pyrrole nitrogens is 1. The van der Waals surface area contributed by atoms with Gasteiger partial charge in [0.1, 0.15) is 31.2 Å². The Kier molecular flexibility index (Phi) is 10.6. The second-order valence-electron chi connectivity index (χ2n) is 10.8. The first-order valence-corrected chi connectivity index (χ1v) is 15.7. The van der Waals surface area contributed by atoms with Crippen molar-refractivity contribution in [2.45, 2.75) is 13.2 Å². The Balaban J connectivity index is 0.000000182. The van der Waals surface area contributed by atoms with E-state index < -0.39 is 5.82 Å². The van der Waals surface area contributed by atoms with Crippen LogP contribution in [-0.2, 0) is 13.2 Å². The number of aromatic amines is 1. The number of anilines is 2. The minimum absolute atomic E-state index is 0.201. The van der Waals surface area contributed by atoms with Gasteiger partial charge in [0.25, 0.3) is 5.56 Å². The SMILES string of the molecule is COc1cc2c(=O)[nH]cnc2cc1OCc1ccccc1.COc1cc2c(Nc3ccc(Cl)cc3F)ncnc2cc1OCc1ccccc1. The second kappa shape index (κ2) is 15.8. The average molecular weight is 692 g/mol. The summed E-state index contributed by atoms with van der Waals surface area (Å²) in [4.78, 5) is 27.0. The smallest absolute Gasteiger partial charge is 0.258 e. The summed E-state index contributed by atoms with van der Waals surface area (Å²) >= 11 is 5.82. The summed E-state index contributed by atoms with van der Waals surface area (Å²) in [7, 11) is 3.10. The van der Waals surface area contributed by atoms with Crippen molar-refractivity contribution in [1.82, 2.24) is 19.9 Å². The summed E-state index contributed by atoms with van der Waals surface area (Å²) in [6.45, 7) is 0.820. The van der Waals surface area contributed by atoms with Crippen molar-refractivity contribution in [1.29, 1.82) is 0 Å². The van der Waals surface area contributed by atoms with E-state index in [4.69, 9.17) is 30.5 Å². The minimum Gasteiger partial charge on any atom is -0.493 e. The molecule has 0 fully saturated rings. The molecular weight excluding hydrogens is 661 g/mol. The van der Waals surface area contributed by atoms with Crippen molar-refractivity contribution in [3.8, 4) is 23.0 Å². The number of benzene rings is 5. The van der Waals surface area contributed by atoms with Crippen molar-refractivity contribution in [2.75, 3.05) is 19.5 Å². The van der Waals surface area contributed by atoms with Crippen molar-refractivity contribution in [2.24, 2.45) is 0 Å². The number of methoxy groups -OCH3 is 2. The second-order valence-corrected chi connectivity index (χ2v) is 11.2. The zero-order valence-electron chi connectivity index (χ0n) is 27.0. The van der Waals surface area contributed by atoms with E-state index in [1.165, 1.54) is 18.7 Å². The number of hydrogen-bond donors (Lipinski definition) is 2. The molecule has 5 aromatic carbocycles. The van der Waals surface area contributed by atoms with Gasteiger partial charge in [0.05, 0.1) is 42.7 Å². The average Bonchev–Trinajstić information content (AvgIpc) is 3.15. The highest BCUT2D eigenvalue weighted by molar-refractivity contribution is 6.30. The van der Waals surface area contributed by atoms with Crippen LogP contribution in [0.1, 0.15) is 11.1 Å². The van der Waals surface area contributed by atoms with Gasteiger partial charge in [-0.3, -0.25) is 4.79 Å². The highest BCUT2D eigenvalue weighted by Crippen LogP contribution is 2.36. The summed E-state index contributed by atoms with van der Waals surface area (Å²) < 4.78 is 36.7. The first-order valence-electron chi connectivity index (χ1n) is 15.4. The molecule has 7 aromatic rings. The van der Waals surface area contributed by atoms with E-state index >= 15 is 0 Å². The lowest BCUT2D eigenvalue weighted by Crippen LogP contribution is -2.07. The van der Waals surface area contributed by atoms with E-state index in [1.54, 1.807) is 50.6 Å². The molecule has 252 valence electrons. The first-order chi connectivity index (χ1) is 24.4. The lowest BCUT2D eigenvalue weighted by Gasteiger charge is -2.14. The third kappa shape index (κ3) is 8.08. The van der Waals surface area contributed by atoms with E-state index in [-0.39, 0.29) is 11.2 Å². The van der Waals surface area contributed by atoms with Crippen molar-refractivity contribution in [3.63, 3.8) is 0 Å². The normalized spacial score (nSPS) is 10.6. The number of halogens is 2. The summed E-state index contributed by atoms with van der Waals surface area (Å²) in [5.41, 5.74) is 3.37. The first kappa shape index (κ1) is 33.7. The fourth-order valence-electron chi connectivity index (χ4n) is 4.97. The molecule has 0 bridgehead atoms. The van der Waals surface area contributed by atoms with Gasteiger partial charge in [0.2, 0.25) is 0 Å². The molecule has 0 aliphatic heterocycles. The predicted octanol–water partition coefficient (Wildman–Crippen LogP) is 8.26. The molecule has 0 radical (unpaired) electrons. The Morgan fingerprint density at radius 2 is 1.28 bits per heavy atom.